The predicted octanol–water partition coefficient (Wildman–Crippen LogP) is 2.27. The molecule has 20 heavy (non-hydrogen) atoms. The number of hydrogen-bond acceptors (Lipinski definition) is 3. The average Bonchev–Trinajstić information content (AvgIpc) is 2.80. The first-order valence-corrected chi connectivity index (χ1v) is 7.54. The number of fused-ring (bicyclic) bond motifs is 1. The molecule has 110 valence electrons. The van der Waals surface area contributed by atoms with Crippen LogP contribution in [0.15, 0.2) is 18.2 Å². The van der Waals surface area contributed by atoms with Crippen LogP contribution in [0.1, 0.15) is 31.2 Å². The second-order valence-electron chi connectivity index (χ2n) is 6.04. The van der Waals surface area contributed by atoms with E-state index in [-0.39, 0.29) is 18.0 Å². The van der Waals surface area contributed by atoms with Crippen LogP contribution in [0.3, 0.4) is 0 Å². The number of hydrogen-bond donors (Lipinski definition) is 2. The fourth-order valence-electron chi connectivity index (χ4n) is 3.30. The summed E-state index contributed by atoms with van der Waals surface area (Å²) in [4.78, 5) is 0. The number of rotatable bonds is 4. The summed E-state index contributed by atoms with van der Waals surface area (Å²) in [6, 6.07) is 4.72. The van der Waals surface area contributed by atoms with Crippen LogP contribution in [-0.2, 0) is 6.42 Å². The topological polar surface area (TPSA) is 41.5 Å². The second kappa shape index (κ2) is 6.10. The van der Waals surface area contributed by atoms with Gasteiger partial charge in [-0.25, -0.2) is 4.39 Å². The van der Waals surface area contributed by atoms with Crippen molar-refractivity contribution < 1.29 is 14.2 Å². The van der Waals surface area contributed by atoms with Gasteiger partial charge in [-0.1, -0.05) is 6.42 Å². The molecule has 0 radical (unpaired) electrons. The molecule has 3 unspecified atom stereocenters. The molecule has 1 aromatic carbocycles. The third-order valence-electron chi connectivity index (χ3n) is 4.32. The lowest BCUT2D eigenvalue weighted by Crippen LogP contribution is -2.35. The van der Waals surface area contributed by atoms with Gasteiger partial charge >= 0.3 is 0 Å². The maximum absolute atomic E-state index is 13.1. The highest BCUT2D eigenvalue weighted by molar-refractivity contribution is 5.37. The summed E-state index contributed by atoms with van der Waals surface area (Å²) in [5.74, 6) is 1.18. The van der Waals surface area contributed by atoms with Crippen molar-refractivity contribution in [3.05, 3.63) is 29.6 Å². The Bertz CT molecular complexity index is 466. The van der Waals surface area contributed by atoms with Crippen LogP contribution in [0.2, 0.25) is 0 Å². The molecule has 2 N–H and O–H groups in total. The fourth-order valence-corrected chi connectivity index (χ4v) is 3.30. The van der Waals surface area contributed by atoms with E-state index in [4.69, 9.17) is 4.74 Å². The molecule has 3 rings (SSSR count). The standard InChI is InChI=1S/C16H22FNO2/c17-13-4-5-16-12(7-13)8-15(20-16)10-18-9-11-2-1-3-14(19)6-11/h4-5,7,11,14-15,18-19H,1-3,6,8-10H2. The number of aliphatic hydroxyl groups excluding tert-OH is 1. The minimum absolute atomic E-state index is 0.0975. The molecule has 0 bridgehead atoms. The largest absolute Gasteiger partial charge is 0.488 e. The van der Waals surface area contributed by atoms with Crippen LogP contribution < -0.4 is 10.1 Å². The lowest BCUT2D eigenvalue weighted by Gasteiger charge is -2.26. The summed E-state index contributed by atoms with van der Waals surface area (Å²) in [6.45, 7) is 1.71. The maximum Gasteiger partial charge on any atom is 0.123 e. The molecule has 0 spiro atoms. The quantitative estimate of drug-likeness (QED) is 0.888. The smallest absolute Gasteiger partial charge is 0.123 e. The van der Waals surface area contributed by atoms with Gasteiger partial charge in [0, 0.05) is 18.5 Å². The van der Waals surface area contributed by atoms with Gasteiger partial charge in [0.1, 0.15) is 17.7 Å². The van der Waals surface area contributed by atoms with Crippen molar-refractivity contribution in [2.24, 2.45) is 5.92 Å². The van der Waals surface area contributed by atoms with Crippen molar-refractivity contribution in [1.29, 1.82) is 0 Å². The van der Waals surface area contributed by atoms with Crippen LogP contribution >= 0.6 is 0 Å². The monoisotopic (exact) mass is 279 g/mol. The molecule has 4 heteroatoms. The van der Waals surface area contributed by atoms with Crippen LogP contribution in [0.4, 0.5) is 4.39 Å². The Balaban J connectivity index is 1.42. The molecule has 1 fully saturated rings. The lowest BCUT2D eigenvalue weighted by molar-refractivity contribution is 0.0995. The zero-order chi connectivity index (χ0) is 13.9. The number of nitrogens with one attached hydrogen (secondary N) is 1. The van der Waals surface area contributed by atoms with E-state index in [0.717, 1.165) is 50.1 Å². The molecule has 1 aromatic rings. The van der Waals surface area contributed by atoms with E-state index in [1.54, 1.807) is 12.1 Å². The minimum Gasteiger partial charge on any atom is -0.488 e. The first-order chi connectivity index (χ1) is 9.70. The van der Waals surface area contributed by atoms with Crippen molar-refractivity contribution in [3.63, 3.8) is 0 Å². The summed E-state index contributed by atoms with van der Waals surface area (Å²) in [5, 5.41) is 13.1. The lowest BCUT2D eigenvalue weighted by atomic mass is 9.87. The number of benzene rings is 1. The van der Waals surface area contributed by atoms with E-state index in [2.05, 4.69) is 5.32 Å². The average molecular weight is 279 g/mol. The maximum atomic E-state index is 13.1. The van der Waals surface area contributed by atoms with Gasteiger partial charge < -0.3 is 15.2 Å². The highest BCUT2D eigenvalue weighted by atomic mass is 19.1. The zero-order valence-electron chi connectivity index (χ0n) is 11.6. The summed E-state index contributed by atoms with van der Waals surface area (Å²) < 4.78 is 18.9. The third-order valence-corrected chi connectivity index (χ3v) is 4.32. The molecule has 0 saturated heterocycles. The van der Waals surface area contributed by atoms with Gasteiger partial charge in [-0.05, 0) is 49.9 Å². The van der Waals surface area contributed by atoms with Gasteiger partial charge in [0.05, 0.1) is 6.10 Å². The Morgan fingerprint density at radius 2 is 2.20 bits per heavy atom. The molecule has 0 aromatic heterocycles. The molecule has 3 nitrogen and oxygen atoms in total. The minimum atomic E-state index is -0.197. The van der Waals surface area contributed by atoms with Crippen molar-refractivity contribution in [2.75, 3.05) is 13.1 Å². The SMILES string of the molecule is OC1CCCC(CNCC2Cc3cc(F)ccc3O2)C1. The van der Waals surface area contributed by atoms with Crippen molar-refractivity contribution >= 4 is 0 Å². The number of ether oxygens (including phenoxy) is 1. The molecular formula is C16H22FNO2. The molecule has 1 saturated carbocycles. The number of aliphatic hydroxyl groups is 1. The van der Waals surface area contributed by atoms with Crippen molar-refractivity contribution in [2.45, 2.75) is 44.3 Å². The van der Waals surface area contributed by atoms with Gasteiger partial charge in [0.2, 0.25) is 0 Å². The third kappa shape index (κ3) is 3.30. The van der Waals surface area contributed by atoms with Crippen LogP contribution in [-0.4, -0.2) is 30.4 Å². The molecule has 2 aliphatic rings. The first-order valence-electron chi connectivity index (χ1n) is 7.54. The molecule has 0 amide bonds. The normalized spacial score (nSPS) is 29.0. The van der Waals surface area contributed by atoms with Crippen molar-refractivity contribution in [1.82, 2.24) is 5.32 Å². The molecule has 1 heterocycles. The van der Waals surface area contributed by atoms with Gasteiger partial charge in [0.25, 0.3) is 0 Å². The van der Waals surface area contributed by atoms with E-state index in [1.165, 1.54) is 12.5 Å². The fraction of sp³-hybridized carbons (Fsp3) is 0.625. The molecular weight excluding hydrogens is 257 g/mol. The first kappa shape index (κ1) is 13.8. The Kier molecular flexibility index (Phi) is 4.22. The zero-order valence-corrected chi connectivity index (χ0v) is 11.6. The van der Waals surface area contributed by atoms with Gasteiger partial charge in [-0.2, -0.15) is 0 Å². The van der Waals surface area contributed by atoms with Crippen LogP contribution in [0.5, 0.6) is 5.75 Å². The van der Waals surface area contributed by atoms with Crippen molar-refractivity contribution in [3.8, 4) is 5.75 Å². The van der Waals surface area contributed by atoms with Gasteiger partial charge in [-0.3, -0.25) is 0 Å². The highest BCUT2D eigenvalue weighted by Gasteiger charge is 2.24. The predicted molar refractivity (Wildman–Crippen MR) is 75.4 cm³/mol. The Morgan fingerprint density at radius 1 is 1.30 bits per heavy atom. The summed E-state index contributed by atoms with van der Waals surface area (Å²) >= 11 is 0. The molecule has 1 aliphatic carbocycles. The van der Waals surface area contributed by atoms with Crippen LogP contribution in [0.25, 0.3) is 0 Å². The van der Waals surface area contributed by atoms with E-state index < -0.39 is 0 Å². The van der Waals surface area contributed by atoms with Crippen LogP contribution in [0, 0.1) is 11.7 Å². The summed E-state index contributed by atoms with van der Waals surface area (Å²) in [6.07, 6.45) is 4.92. The Hall–Kier alpha value is -1.13. The summed E-state index contributed by atoms with van der Waals surface area (Å²) in [7, 11) is 0. The van der Waals surface area contributed by atoms with E-state index in [0.29, 0.717) is 5.92 Å². The Morgan fingerprint density at radius 3 is 3.05 bits per heavy atom. The van der Waals surface area contributed by atoms with E-state index >= 15 is 0 Å². The Labute approximate surface area is 119 Å². The second-order valence-corrected chi connectivity index (χ2v) is 6.04. The number of halogens is 1. The molecule has 1 aliphatic heterocycles. The van der Waals surface area contributed by atoms with Gasteiger partial charge in [0.15, 0.2) is 0 Å². The highest BCUT2D eigenvalue weighted by Crippen LogP contribution is 2.29. The molecule has 3 atom stereocenters. The van der Waals surface area contributed by atoms with E-state index in [9.17, 15) is 9.50 Å². The summed E-state index contributed by atoms with van der Waals surface area (Å²) in [5.41, 5.74) is 0.963. The van der Waals surface area contributed by atoms with Gasteiger partial charge in [-0.15, -0.1) is 0 Å². The van der Waals surface area contributed by atoms with E-state index in [1.807, 2.05) is 0 Å².